The van der Waals surface area contributed by atoms with Crippen molar-refractivity contribution in [3.8, 4) is 0 Å². The molecule has 1 aliphatic heterocycles. The van der Waals surface area contributed by atoms with E-state index in [1.807, 2.05) is 48.6 Å². The number of allylic oxidation sites excluding steroid dienone is 12. The molecule has 0 bridgehead atoms. The minimum absolute atomic E-state index is 0.00964. The Morgan fingerprint density at radius 3 is 2.08 bits per heavy atom. The van der Waals surface area contributed by atoms with Gasteiger partial charge in [-0.3, -0.25) is 23.2 Å². The topological polar surface area (TPSA) is 286 Å². The van der Waals surface area contributed by atoms with Gasteiger partial charge in [-0.25, -0.2) is 13.9 Å². The maximum atomic E-state index is 12.8. The number of hydrogen-bond acceptors (Lipinski definition) is 16. The first kappa shape index (κ1) is 63.0. The van der Waals surface area contributed by atoms with Crippen LogP contribution < -0.4 is 11.4 Å². The third-order valence-corrected chi connectivity index (χ3v) is 13.2. The number of esters is 2. The highest BCUT2D eigenvalue weighted by Crippen LogP contribution is 2.60. The van der Waals surface area contributed by atoms with Gasteiger partial charge in [-0.2, -0.15) is 9.29 Å². The molecule has 0 spiro atoms. The van der Waals surface area contributed by atoms with Crippen LogP contribution in [0.15, 0.2) is 102 Å². The van der Waals surface area contributed by atoms with Gasteiger partial charge < -0.3 is 45.1 Å². The smallest absolute Gasteiger partial charge is 0.462 e. The number of nitrogen functional groups attached to an aromatic ring is 1. The molecule has 1 aromatic heterocycles. The molecule has 400 valence electrons. The van der Waals surface area contributed by atoms with Gasteiger partial charge in [-0.15, -0.1) is 0 Å². The van der Waals surface area contributed by atoms with Gasteiger partial charge in [0.2, 0.25) is 0 Å². The fourth-order valence-electron chi connectivity index (χ4n) is 6.71. The molecule has 2 heterocycles. The molecule has 1 fully saturated rings. The summed E-state index contributed by atoms with van der Waals surface area (Å²) in [6.07, 6.45) is 35.7. The Balaban J connectivity index is 1.85. The van der Waals surface area contributed by atoms with Crippen LogP contribution in [0.4, 0.5) is 5.82 Å². The Morgan fingerprint density at radius 2 is 1.38 bits per heavy atom. The van der Waals surface area contributed by atoms with E-state index < -0.39 is 89.8 Å². The first-order valence-electron chi connectivity index (χ1n) is 24.7. The zero-order valence-corrected chi connectivity index (χ0v) is 43.1. The summed E-state index contributed by atoms with van der Waals surface area (Å²) < 4.78 is 56.6. The molecular weight excluding hydrogens is 961 g/mol. The SMILES string of the molecule is CC/C=C\C/C=C\CC(O)/C=C/C=C\C/C=C\C/C=C\CCC(=O)OC[C@H](COP(=O)(O)OP(=O)(O)OC[C@H]1O[C@@H](n2ccc(N)nc2=O)[C@H](O)[C@@H]1O)OC(=O)CCCCCCC/C=C\CCCCCC. The summed E-state index contributed by atoms with van der Waals surface area (Å²) in [4.78, 5) is 61.8. The van der Waals surface area contributed by atoms with Crippen LogP contribution >= 0.6 is 15.6 Å². The molecule has 7 N–H and O–H groups in total. The Morgan fingerprint density at radius 1 is 0.761 bits per heavy atom. The van der Waals surface area contributed by atoms with Gasteiger partial charge in [0.1, 0.15) is 30.7 Å². The summed E-state index contributed by atoms with van der Waals surface area (Å²) in [5.74, 6) is -1.45. The number of aromatic nitrogens is 2. The third-order valence-electron chi connectivity index (χ3n) is 10.6. The summed E-state index contributed by atoms with van der Waals surface area (Å²) in [6.45, 7) is 1.85. The monoisotopic (exact) mass is 1040 g/mol. The Bertz CT molecular complexity index is 2040. The second kappa shape index (κ2) is 37.6. The van der Waals surface area contributed by atoms with Crippen LogP contribution in [-0.2, 0) is 46.3 Å². The predicted molar refractivity (Wildman–Crippen MR) is 271 cm³/mol. The second-order valence-electron chi connectivity index (χ2n) is 16.8. The average molecular weight is 1040 g/mol. The molecule has 19 nitrogen and oxygen atoms in total. The van der Waals surface area contributed by atoms with Crippen LogP contribution in [0.2, 0.25) is 0 Å². The Kier molecular flexibility index (Phi) is 33.4. The van der Waals surface area contributed by atoms with E-state index >= 15 is 0 Å². The van der Waals surface area contributed by atoms with E-state index in [0.29, 0.717) is 32.1 Å². The molecule has 1 aromatic rings. The summed E-state index contributed by atoms with van der Waals surface area (Å²) in [7, 11) is -10.9. The highest BCUT2D eigenvalue weighted by molar-refractivity contribution is 7.61. The van der Waals surface area contributed by atoms with Crippen molar-refractivity contribution in [2.24, 2.45) is 0 Å². The zero-order valence-electron chi connectivity index (χ0n) is 41.4. The van der Waals surface area contributed by atoms with Crippen molar-refractivity contribution in [2.75, 3.05) is 25.6 Å². The maximum absolute atomic E-state index is 12.8. The van der Waals surface area contributed by atoms with Crippen LogP contribution in [0.25, 0.3) is 0 Å². The number of carbonyl (C=O) groups excluding carboxylic acids is 2. The number of carbonyl (C=O) groups is 2. The van der Waals surface area contributed by atoms with Gasteiger partial charge in [-0.1, -0.05) is 137 Å². The number of nitrogens with two attached hydrogens (primary N) is 1. The van der Waals surface area contributed by atoms with Crippen molar-refractivity contribution in [1.29, 1.82) is 0 Å². The van der Waals surface area contributed by atoms with E-state index in [-0.39, 0.29) is 18.7 Å². The van der Waals surface area contributed by atoms with E-state index in [1.54, 1.807) is 12.2 Å². The number of phosphoric acid groups is 2. The predicted octanol–water partition coefficient (Wildman–Crippen LogP) is 8.86. The quantitative estimate of drug-likeness (QED) is 0.0118. The maximum Gasteiger partial charge on any atom is 0.481 e. The Hall–Kier alpha value is -4.10. The van der Waals surface area contributed by atoms with Gasteiger partial charge in [0.05, 0.1) is 19.3 Å². The average Bonchev–Trinajstić information content (AvgIpc) is 3.60. The van der Waals surface area contributed by atoms with E-state index in [9.17, 15) is 48.6 Å². The van der Waals surface area contributed by atoms with E-state index in [1.165, 1.54) is 31.7 Å². The first-order chi connectivity index (χ1) is 34.1. The minimum Gasteiger partial charge on any atom is -0.462 e. The summed E-state index contributed by atoms with van der Waals surface area (Å²) in [6, 6.07) is 1.24. The number of aliphatic hydroxyl groups is 3. The summed E-state index contributed by atoms with van der Waals surface area (Å²) >= 11 is 0. The molecule has 0 amide bonds. The molecule has 0 aromatic carbocycles. The number of aliphatic hydroxyl groups excluding tert-OH is 3. The summed E-state index contributed by atoms with van der Waals surface area (Å²) in [5.41, 5.74) is 4.57. The lowest BCUT2D eigenvalue weighted by atomic mass is 10.1. The van der Waals surface area contributed by atoms with Crippen molar-refractivity contribution < 1.29 is 71.4 Å². The van der Waals surface area contributed by atoms with Crippen LogP contribution in [0.5, 0.6) is 0 Å². The molecule has 1 saturated heterocycles. The van der Waals surface area contributed by atoms with Crippen molar-refractivity contribution in [3.63, 3.8) is 0 Å². The lowest BCUT2D eigenvalue weighted by Gasteiger charge is -2.21. The van der Waals surface area contributed by atoms with Gasteiger partial charge in [0.25, 0.3) is 0 Å². The highest BCUT2D eigenvalue weighted by atomic mass is 31.3. The van der Waals surface area contributed by atoms with Gasteiger partial charge >= 0.3 is 33.3 Å². The molecule has 21 heteroatoms. The number of nitrogens with zero attached hydrogens (tertiary/aromatic N) is 2. The van der Waals surface area contributed by atoms with E-state index in [2.05, 4.69) is 47.4 Å². The van der Waals surface area contributed by atoms with Gasteiger partial charge in [0.15, 0.2) is 12.3 Å². The molecule has 71 heavy (non-hydrogen) atoms. The number of rotatable bonds is 39. The van der Waals surface area contributed by atoms with Crippen molar-refractivity contribution in [1.82, 2.24) is 9.55 Å². The minimum atomic E-state index is -5.45. The van der Waals surface area contributed by atoms with Crippen LogP contribution in [0, 0.1) is 0 Å². The Labute approximate surface area is 419 Å². The normalized spacial score (nSPS) is 20.3. The second-order valence-corrected chi connectivity index (χ2v) is 19.8. The van der Waals surface area contributed by atoms with E-state index in [4.69, 9.17) is 29.0 Å². The fraction of sp³-hybridized carbons (Fsp3) is 0.600. The number of ether oxygens (including phenoxy) is 3. The number of hydrogen-bond donors (Lipinski definition) is 6. The molecule has 3 unspecified atom stereocenters. The van der Waals surface area contributed by atoms with E-state index in [0.717, 1.165) is 62.1 Å². The highest BCUT2D eigenvalue weighted by Gasteiger charge is 2.46. The largest absolute Gasteiger partial charge is 0.481 e. The van der Waals surface area contributed by atoms with Gasteiger partial charge in [0, 0.05) is 19.0 Å². The van der Waals surface area contributed by atoms with Crippen molar-refractivity contribution in [3.05, 3.63) is 108 Å². The number of unbranched alkanes of at least 4 members (excludes halogenated alkanes) is 9. The molecule has 8 atom stereocenters. The van der Waals surface area contributed by atoms with Crippen molar-refractivity contribution in [2.45, 2.75) is 173 Å². The van der Waals surface area contributed by atoms with Crippen LogP contribution in [0.3, 0.4) is 0 Å². The number of phosphoric ester groups is 2. The fourth-order valence-corrected chi connectivity index (χ4v) is 8.82. The molecular formula is C50H79N3O16P2. The molecule has 0 radical (unpaired) electrons. The summed E-state index contributed by atoms with van der Waals surface area (Å²) in [5, 5.41) is 30.9. The third kappa shape index (κ3) is 30.5. The molecule has 0 saturated carbocycles. The number of anilines is 1. The zero-order chi connectivity index (χ0) is 52.2. The molecule has 2 rings (SSSR count). The molecule has 0 aliphatic carbocycles. The molecule has 1 aliphatic rings. The standard InChI is InChI=1S/C50H79N3O16P2/c1-3-5-7-9-11-12-13-14-15-20-23-27-31-35-46(56)67-42(38-64-45(55)34-30-26-22-19-17-16-18-21-25-29-33-41(54)32-28-24-10-8-6-4-2)39-65-70(60,61)69-71(62,63)66-40-43-47(57)48(58)49(68-43)53-37-36-44(51)52-50(53)59/h6,8,12-13,16-17,21-22,24-26,28-29,33,36-37,41-43,47-49,54,57-58H,3-5,7,9-11,14-15,18-20,23,27,30-32,34-35,38-40H2,1-2H3,(H,60,61)(H,62,63)(H2,51,52,59)/b8-6-,13-12-,17-16-,25-21-,26-22-,28-24-,33-29+/t41?,42-,43-,47-,48-,49-/m1/s1. The first-order valence-corrected chi connectivity index (χ1v) is 27.7. The van der Waals surface area contributed by atoms with Crippen LogP contribution in [-0.4, -0.2) is 96.9 Å². The van der Waals surface area contributed by atoms with Crippen LogP contribution in [0.1, 0.15) is 142 Å². The van der Waals surface area contributed by atoms with Crippen molar-refractivity contribution >= 4 is 33.4 Å². The lowest BCUT2D eigenvalue weighted by Crippen LogP contribution is -2.36. The lowest BCUT2D eigenvalue weighted by molar-refractivity contribution is -0.161. The van der Waals surface area contributed by atoms with Gasteiger partial charge in [-0.05, 0) is 76.7 Å².